The number of imide groups is 1. The number of hydrogen-bond donors (Lipinski definition) is 2. The van der Waals surface area contributed by atoms with E-state index in [-0.39, 0.29) is 25.3 Å². The quantitative estimate of drug-likeness (QED) is 0.768. The number of hydrogen-bond acceptors (Lipinski definition) is 4. The van der Waals surface area contributed by atoms with Crippen molar-refractivity contribution >= 4 is 17.9 Å². The summed E-state index contributed by atoms with van der Waals surface area (Å²) in [5.74, 6) is -1.35. The molecule has 1 fully saturated rings. The van der Waals surface area contributed by atoms with Crippen molar-refractivity contribution in [2.24, 2.45) is 0 Å². The lowest BCUT2D eigenvalue weighted by Crippen LogP contribution is -2.51. The first kappa shape index (κ1) is 16.4. The van der Waals surface area contributed by atoms with Gasteiger partial charge in [0.1, 0.15) is 0 Å². The third-order valence-corrected chi connectivity index (χ3v) is 3.45. The Morgan fingerprint density at radius 3 is 2.60 bits per heavy atom. The second-order valence-electron chi connectivity index (χ2n) is 5.31. The van der Waals surface area contributed by atoms with Crippen LogP contribution < -0.4 is 5.32 Å². The zero-order valence-electron chi connectivity index (χ0n) is 12.1. The zero-order chi connectivity index (χ0) is 15.1. The number of piperidine rings is 1. The number of likely N-dealkylation sites (tertiary alicyclic amines) is 1. The van der Waals surface area contributed by atoms with Crippen molar-refractivity contribution in [3.63, 3.8) is 0 Å². The Hall–Kier alpha value is -1.63. The van der Waals surface area contributed by atoms with Crippen molar-refractivity contribution in [2.45, 2.75) is 38.1 Å². The van der Waals surface area contributed by atoms with Crippen molar-refractivity contribution in [1.29, 1.82) is 0 Å². The Kier molecular flexibility index (Phi) is 6.44. The largest absolute Gasteiger partial charge is 0.481 e. The Balaban J connectivity index is 2.34. The molecule has 1 rings (SSSR count). The van der Waals surface area contributed by atoms with Gasteiger partial charge in [-0.3, -0.25) is 14.9 Å². The highest BCUT2D eigenvalue weighted by molar-refractivity contribution is 5.94. The van der Waals surface area contributed by atoms with Gasteiger partial charge < -0.3 is 14.9 Å². The normalized spacial score (nSPS) is 18.9. The van der Waals surface area contributed by atoms with E-state index >= 15 is 0 Å². The maximum Gasteiger partial charge on any atom is 0.324 e. The summed E-state index contributed by atoms with van der Waals surface area (Å²) in [6, 6.07) is -0.0616. The summed E-state index contributed by atoms with van der Waals surface area (Å²) in [6.45, 7) is 1.26. The molecule has 7 nitrogen and oxygen atoms in total. The molecule has 20 heavy (non-hydrogen) atoms. The minimum absolute atomic E-state index is 0.0585. The van der Waals surface area contributed by atoms with E-state index in [4.69, 9.17) is 5.11 Å². The Labute approximate surface area is 118 Å². The van der Waals surface area contributed by atoms with Gasteiger partial charge in [-0.1, -0.05) is 0 Å². The highest BCUT2D eigenvalue weighted by Crippen LogP contribution is 2.13. The summed E-state index contributed by atoms with van der Waals surface area (Å²) in [5.41, 5.74) is 0. The standard InChI is InChI=1S/C13H23N3O4/c1-15(2)10-5-4-8-16(9-10)13(20)14-11(17)6-3-7-12(18)19/h10H,3-9H2,1-2H3,(H,18,19)(H,14,17,20). The maximum atomic E-state index is 11.9. The highest BCUT2D eigenvalue weighted by Gasteiger charge is 2.25. The molecular weight excluding hydrogens is 262 g/mol. The van der Waals surface area contributed by atoms with Gasteiger partial charge >= 0.3 is 12.0 Å². The molecule has 0 radical (unpaired) electrons. The molecule has 0 spiro atoms. The summed E-state index contributed by atoms with van der Waals surface area (Å²) in [4.78, 5) is 37.5. The Morgan fingerprint density at radius 2 is 2.00 bits per heavy atom. The van der Waals surface area contributed by atoms with Crippen LogP contribution in [0.15, 0.2) is 0 Å². The molecule has 2 N–H and O–H groups in total. The molecule has 1 heterocycles. The van der Waals surface area contributed by atoms with Crippen molar-refractivity contribution < 1.29 is 19.5 Å². The second-order valence-corrected chi connectivity index (χ2v) is 5.31. The van der Waals surface area contributed by atoms with Crippen LogP contribution in [0.4, 0.5) is 4.79 Å². The number of rotatable bonds is 5. The van der Waals surface area contributed by atoms with Gasteiger partial charge in [0.05, 0.1) is 0 Å². The molecular formula is C13H23N3O4. The van der Waals surface area contributed by atoms with E-state index in [1.165, 1.54) is 0 Å². The van der Waals surface area contributed by atoms with Crippen molar-refractivity contribution in [3.8, 4) is 0 Å². The fourth-order valence-corrected chi connectivity index (χ4v) is 2.22. The van der Waals surface area contributed by atoms with Gasteiger partial charge in [0.25, 0.3) is 0 Å². The molecule has 0 saturated carbocycles. The van der Waals surface area contributed by atoms with Gasteiger partial charge in [-0.2, -0.15) is 0 Å². The average Bonchev–Trinajstić information content (AvgIpc) is 2.38. The number of aliphatic carboxylic acids is 1. The molecule has 7 heteroatoms. The van der Waals surface area contributed by atoms with Gasteiger partial charge in [-0.05, 0) is 33.4 Å². The third-order valence-electron chi connectivity index (χ3n) is 3.45. The molecule has 0 aromatic rings. The van der Waals surface area contributed by atoms with Gasteiger partial charge in [0.15, 0.2) is 0 Å². The summed E-state index contributed by atoms with van der Waals surface area (Å²) in [7, 11) is 3.95. The molecule has 1 saturated heterocycles. The van der Waals surface area contributed by atoms with E-state index < -0.39 is 11.9 Å². The lowest BCUT2D eigenvalue weighted by molar-refractivity contribution is -0.137. The minimum atomic E-state index is -0.936. The average molecular weight is 285 g/mol. The molecule has 3 amide bonds. The topological polar surface area (TPSA) is 90.0 Å². The molecule has 0 aromatic carbocycles. The predicted molar refractivity (Wildman–Crippen MR) is 73.3 cm³/mol. The Bertz CT molecular complexity index is 371. The summed E-state index contributed by atoms with van der Waals surface area (Å²) >= 11 is 0. The van der Waals surface area contributed by atoms with Crippen LogP contribution in [0, 0.1) is 0 Å². The van der Waals surface area contributed by atoms with Crippen molar-refractivity contribution in [2.75, 3.05) is 27.2 Å². The maximum absolute atomic E-state index is 11.9. The molecule has 114 valence electrons. The number of carbonyl (C=O) groups is 3. The number of urea groups is 1. The monoisotopic (exact) mass is 285 g/mol. The molecule has 1 aliphatic heterocycles. The first-order valence-corrected chi connectivity index (χ1v) is 6.87. The lowest BCUT2D eigenvalue weighted by Gasteiger charge is -2.35. The number of carboxylic acids is 1. The van der Waals surface area contributed by atoms with Crippen LogP contribution >= 0.6 is 0 Å². The van der Waals surface area contributed by atoms with Gasteiger partial charge in [-0.15, -0.1) is 0 Å². The molecule has 0 aliphatic carbocycles. The fraction of sp³-hybridized carbons (Fsp3) is 0.769. The van der Waals surface area contributed by atoms with E-state index in [1.807, 2.05) is 14.1 Å². The van der Waals surface area contributed by atoms with Crippen LogP contribution in [0.2, 0.25) is 0 Å². The minimum Gasteiger partial charge on any atom is -0.481 e. The van der Waals surface area contributed by atoms with Gasteiger partial charge in [0.2, 0.25) is 5.91 Å². The van der Waals surface area contributed by atoms with Gasteiger partial charge in [-0.25, -0.2) is 4.79 Å². The van der Waals surface area contributed by atoms with E-state index in [1.54, 1.807) is 4.90 Å². The third kappa shape index (κ3) is 5.56. The highest BCUT2D eigenvalue weighted by atomic mass is 16.4. The van der Waals surface area contributed by atoms with E-state index in [0.29, 0.717) is 19.1 Å². The Morgan fingerprint density at radius 1 is 1.30 bits per heavy atom. The second kappa shape index (κ2) is 7.84. The summed E-state index contributed by atoms with van der Waals surface area (Å²) in [5, 5.41) is 10.8. The predicted octanol–water partition coefficient (Wildman–Crippen LogP) is 0.504. The first-order chi connectivity index (χ1) is 9.40. The molecule has 0 bridgehead atoms. The number of amides is 3. The van der Waals surface area contributed by atoms with Crippen molar-refractivity contribution in [1.82, 2.24) is 15.1 Å². The van der Waals surface area contributed by atoms with E-state index in [9.17, 15) is 14.4 Å². The van der Waals surface area contributed by atoms with Crippen LogP contribution in [-0.2, 0) is 9.59 Å². The van der Waals surface area contributed by atoms with E-state index in [2.05, 4.69) is 10.2 Å². The number of carboxylic acid groups (broad SMARTS) is 1. The lowest BCUT2D eigenvalue weighted by atomic mass is 10.1. The summed E-state index contributed by atoms with van der Waals surface area (Å²) < 4.78 is 0. The van der Waals surface area contributed by atoms with Crippen LogP contribution in [0.25, 0.3) is 0 Å². The van der Waals surface area contributed by atoms with Crippen molar-refractivity contribution in [3.05, 3.63) is 0 Å². The fourth-order valence-electron chi connectivity index (χ4n) is 2.22. The molecule has 1 atom stereocenters. The van der Waals surface area contributed by atoms with Gasteiger partial charge in [0, 0.05) is 32.0 Å². The molecule has 1 aliphatic rings. The van der Waals surface area contributed by atoms with Crippen LogP contribution in [0.3, 0.4) is 0 Å². The smallest absolute Gasteiger partial charge is 0.324 e. The zero-order valence-corrected chi connectivity index (χ0v) is 12.1. The first-order valence-electron chi connectivity index (χ1n) is 6.87. The number of nitrogens with one attached hydrogen (secondary N) is 1. The van der Waals surface area contributed by atoms with E-state index in [0.717, 1.165) is 12.8 Å². The van der Waals surface area contributed by atoms with Crippen LogP contribution in [0.1, 0.15) is 32.1 Å². The summed E-state index contributed by atoms with van der Waals surface area (Å²) in [6.07, 6.45) is 2.21. The SMILES string of the molecule is CN(C)C1CCCN(C(=O)NC(=O)CCCC(=O)O)C1. The number of likely N-dealkylation sites (N-methyl/N-ethyl adjacent to an activating group) is 1. The molecule has 1 unspecified atom stereocenters. The number of nitrogens with zero attached hydrogens (tertiary/aromatic N) is 2. The van der Waals surface area contributed by atoms with Crippen LogP contribution in [-0.4, -0.2) is 66.0 Å². The number of carbonyl (C=O) groups excluding carboxylic acids is 2. The molecule has 0 aromatic heterocycles. The van der Waals surface area contributed by atoms with Crippen LogP contribution in [0.5, 0.6) is 0 Å².